The predicted octanol–water partition coefficient (Wildman–Crippen LogP) is 1.64. The minimum Gasteiger partial charge on any atom is -0.497 e. The van der Waals surface area contributed by atoms with E-state index >= 15 is 0 Å². The van der Waals surface area contributed by atoms with Gasteiger partial charge >= 0.3 is 5.97 Å². The highest BCUT2D eigenvalue weighted by Crippen LogP contribution is 2.47. The van der Waals surface area contributed by atoms with Gasteiger partial charge in [-0.2, -0.15) is 0 Å². The van der Waals surface area contributed by atoms with Gasteiger partial charge in [-0.05, 0) is 25.5 Å². The number of methoxy groups -OCH3 is 2. The van der Waals surface area contributed by atoms with Crippen LogP contribution >= 0.6 is 11.8 Å². The first-order valence-corrected chi connectivity index (χ1v) is 9.51. The van der Waals surface area contributed by atoms with Crippen LogP contribution in [0, 0.1) is 0 Å². The number of benzene rings is 1. The second-order valence-electron chi connectivity index (χ2n) is 6.49. The lowest BCUT2D eigenvalue weighted by atomic mass is 10.2. The fourth-order valence-electron chi connectivity index (χ4n) is 3.32. The van der Waals surface area contributed by atoms with Gasteiger partial charge in [-0.3, -0.25) is 9.59 Å². The van der Waals surface area contributed by atoms with Crippen molar-refractivity contribution in [3.8, 4) is 11.5 Å². The number of hydrogen-bond acceptors (Lipinski definition) is 7. The maximum atomic E-state index is 12.4. The van der Waals surface area contributed by atoms with Crippen LogP contribution in [-0.2, 0) is 19.1 Å². The number of ether oxygens (including phenoxy) is 3. The van der Waals surface area contributed by atoms with E-state index in [-0.39, 0.29) is 10.8 Å². The van der Waals surface area contributed by atoms with Crippen LogP contribution in [0.1, 0.15) is 19.8 Å². The second kappa shape index (κ2) is 7.67. The standard InChI is InChI=1S/C18H22N2O6S/c1-18-7-6-16(22)20(18)13(10-27-18)17(23)26-9-15(21)19-12-5-4-11(24-2)8-14(12)25-3/h4-5,8,13H,6-7,9-10H2,1-3H3,(H,19,21)/t13-,18+/m0/s1. The lowest BCUT2D eigenvalue weighted by Crippen LogP contribution is -2.47. The summed E-state index contributed by atoms with van der Waals surface area (Å²) in [6.07, 6.45) is 1.16. The lowest BCUT2D eigenvalue weighted by molar-refractivity contribution is -0.155. The molecule has 2 saturated heterocycles. The van der Waals surface area contributed by atoms with E-state index in [9.17, 15) is 14.4 Å². The first-order valence-electron chi connectivity index (χ1n) is 8.52. The van der Waals surface area contributed by atoms with E-state index < -0.39 is 24.5 Å². The molecule has 1 aromatic carbocycles. The normalized spacial score (nSPS) is 23.7. The van der Waals surface area contributed by atoms with Crippen LogP contribution in [0.4, 0.5) is 5.69 Å². The number of carbonyl (C=O) groups excluding carboxylic acids is 3. The Labute approximate surface area is 161 Å². The van der Waals surface area contributed by atoms with E-state index in [1.165, 1.54) is 14.2 Å². The average Bonchev–Trinajstić information content (AvgIpc) is 3.16. The zero-order chi connectivity index (χ0) is 19.6. The molecular weight excluding hydrogens is 372 g/mol. The number of amides is 2. The molecule has 0 aromatic heterocycles. The molecule has 0 aliphatic carbocycles. The fourth-order valence-corrected chi connectivity index (χ4v) is 4.73. The van der Waals surface area contributed by atoms with Gasteiger partial charge in [0.25, 0.3) is 5.91 Å². The Balaban J connectivity index is 1.57. The monoisotopic (exact) mass is 394 g/mol. The molecule has 0 unspecified atom stereocenters. The van der Waals surface area contributed by atoms with Crippen LogP contribution in [-0.4, -0.2) is 60.2 Å². The van der Waals surface area contributed by atoms with Crippen molar-refractivity contribution < 1.29 is 28.6 Å². The van der Waals surface area contributed by atoms with Crippen LogP contribution < -0.4 is 14.8 Å². The Morgan fingerprint density at radius 1 is 1.33 bits per heavy atom. The van der Waals surface area contributed by atoms with Crippen molar-refractivity contribution in [3.63, 3.8) is 0 Å². The van der Waals surface area contributed by atoms with Gasteiger partial charge in [0, 0.05) is 18.2 Å². The highest BCUT2D eigenvalue weighted by molar-refractivity contribution is 8.01. The summed E-state index contributed by atoms with van der Waals surface area (Å²) in [5.41, 5.74) is 0.443. The Morgan fingerprint density at radius 2 is 2.11 bits per heavy atom. The molecule has 27 heavy (non-hydrogen) atoms. The van der Waals surface area contributed by atoms with Crippen LogP contribution in [0.15, 0.2) is 18.2 Å². The molecule has 2 aliphatic rings. The zero-order valence-corrected chi connectivity index (χ0v) is 16.3. The maximum absolute atomic E-state index is 12.4. The molecule has 2 amide bonds. The van der Waals surface area contributed by atoms with Gasteiger partial charge in [0.05, 0.1) is 24.8 Å². The van der Waals surface area contributed by atoms with Crippen molar-refractivity contribution >= 4 is 35.2 Å². The van der Waals surface area contributed by atoms with Crippen LogP contribution in [0.2, 0.25) is 0 Å². The summed E-state index contributed by atoms with van der Waals surface area (Å²) < 4.78 is 15.5. The minimum atomic E-state index is -0.640. The number of rotatable bonds is 6. The molecule has 2 atom stereocenters. The molecular formula is C18H22N2O6S. The van der Waals surface area contributed by atoms with E-state index in [1.807, 2.05) is 6.92 Å². The third kappa shape index (κ3) is 3.83. The molecule has 0 saturated carbocycles. The van der Waals surface area contributed by atoms with Gasteiger partial charge in [0.2, 0.25) is 5.91 Å². The van der Waals surface area contributed by atoms with Gasteiger partial charge in [-0.1, -0.05) is 0 Å². The number of carbonyl (C=O) groups is 3. The third-order valence-electron chi connectivity index (χ3n) is 4.75. The molecule has 0 radical (unpaired) electrons. The number of nitrogens with one attached hydrogen (secondary N) is 1. The summed E-state index contributed by atoms with van der Waals surface area (Å²) in [6.45, 7) is 1.52. The molecule has 2 fully saturated rings. The predicted molar refractivity (Wildman–Crippen MR) is 99.9 cm³/mol. The van der Waals surface area contributed by atoms with Crippen molar-refractivity contribution in [2.24, 2.45) is 0 Å². The van der Waals surface area contributed by atoms with Crippen LogP contribution in [0.3, 0.4) is 0 Å². The highest BCUT2D eigenvalue weighted by atomic mass is 32.2. The van der Waals surface area contributed by atoms with E-state index in [0.29, 0.717) is 29.4 Å². The number of anilines is 1. The summed E-state index contributed by atoms with van der Waals surface area (Å²) in [5.74, 6) is 0.408. The molecule has 0 bridgehead atoms. The molecule has 1 aromatic rings. The molecule has 8 nitrogen and oxygen atoms in total. The molecule has 9 heteroatoms. The quantitative estimate of drug-likeness (QED) is 0.733. The molecule has 2 aliphatic heterocycles. The smallest absolute Gasteiger partial charge is 0.330 e. The summed E-state index contributed by atoms with van der Waals surface area (Å²) in [6, 6.07) is 4.31. The third-order valence-corrected chi connectivity index (χ3v) is 6.25. The topological polar surface area (TPSA) is 94.2 Å². The van der Waals surface area contributed by atoms with E-state index in [4.69, 9.17) is 14.2 Å². The fraction of sp³-hybridized carbons (Fsp3) is 0.500. The molecule has 146 valence electrons. The van der Waals surface area contributed by atoms with Crippen LogP contribution in [0.25, 0.3) is 0 Å². The second-order valence-corrected chi connectivity index (χ2v) is 7.99. The lowest BCUT2D eigenvalue weighted by Gasteiger charge is -2.29. The van der Waals surface area contributed by atoms with Gasteiger partial charge in [-0.15, -0.1) is 11.8 Å². The Morgan fingerprint density at radius 3 is 2.81 bits per heavy atom. The van der Waals surface area contributed by atoms with Crippen molar-refractivity contribution in [2.75, 3.05) is 31.9 Å². The van der Waals surface area contributed by atoms with Crippen molar-refractivity contribution in [1.82, 2.24) is 4.90 Å². The Bertz CT molecular complexity index is 770. The van der Waals surface area contributed by atoms with Gasteiger partial charge in [-0.25, -0.2) is 4.79 Å². The van der Waals surface area contributed by atoms with E-state index in [1.54, 1.807) is 34.9 Å². The molecule has 0 spiro atoms. The SMILES string of the molecule is COc1ccc(NC(=O)COC(=O)[C@@H]2CS[C@]3(C)CCC(=O)N23)c(OC)c1. The number of esters is 1. The Kier molecular flexibility index (Phi) is 5.50. The molecule has 2 heterocycles. The van der Waals surface area contributed by atoms with E-state index in [2.05, 4.69) is 5.32 Å². The van der Waals surface area contributed by atoms with Gasteiger partial charge < -0.3 is 24.4 Å². The minimum absolute atomic E-state index is 0.0446. The van der Waals surface area contributed by atoms with Crippen molar-refractivity contribution in [2.45, 2.75) is 30.7 Å². The number of hydrogen-bond donors (Lipinski definition) is 1. The van der Waals surface area contributed by atoms with Crippen LogP contribution in [0.5, 0.6) is 11.5 Å². The van der Waals surface area contributed by atoms with Gasteiger partial charge in [0.1, 0.15) is 17.5 Å². The largest absolute Gasteiger partial charge is 0.497 e. The molecule has 1 N–H and O–H groups in total. The first-order chi connectivity index (χ1) is 12.9. The summed E-state index contributed by atoms with van der Waals surface area (Å²) in [5, 5.41) is 2.64. The number of nitrogens with zero attached hydrogens (tertiary/aromatic N) is 1. The first kappa shape index (κ1) is 19.3. The van der Waals surface area contributed by atoms with Crippen molar-refractivity contribution in [1.29, 1.82) is 0 Å². The maximum Gasteiger partial charge on any atom is 0.330 e. The zero-order valence-electron chi connectivity index (χ0n) is 15.4. The van der Waals surface area contributed by atoms with Crippen molar-refractivity contribution in [3.05, 3.63) is 18.2 Å². The molecule has 3 rings (SSSR count). The summed E-state index contributed by atoms with van der Waals surface area (Å²) in [7, 11) is 3.01. The van der Waals surface area contributed by atoms with Gasteiger partial charge in [0.15, 0.2) is 6.61 Å². The summed E-state index contributed by atoms with van der Waals surface area (Å²) >= 11 is 1.58. The van der Waals surface area contributed by atoms with E-state index in [0.717, 1.165) is 6.42 Å². The average molecular weight is 394 g/mol. The Hall–Kier alpha value is -2.42. The summed E-state index contributed by atoms with van der Waals surface area (Å²) in [4.78, 5) is 37.9. The number of fused-ring (bicyclic) bond motifs is 1. The highest BCUT2D eigenvalue weighted by Gasteiger charge is 2.53. The number of thioether (sulfide) groups is 1.